The molecule has 0 spiro atoms. The maximum Gasteiger partial charge on any atom is 0.318 e. The van der Waals surface area contributed by atoms with Crippen molar-refractivity contribution in [3.8, 4) is 0 Å². The molecule has 1 aliphatic heterocycles. The average Bonchev–Trinajstić information content (AvgIpc) is 3.37. The molecular formula is C19H24N2O4. The van der Waals surface area contributed by atoms with Gasteiger partial charge in [-0.2, -0.15) is 0 Å². The molecule has 0 radical (unpaired) electrons. The van der Waals surface area contributed by atoms with Gasteiger partial charge in [-0.05, 0) is 49.9 Å². The van der Waals surface area contributed by atoms with E-state index in [0.29, 0.717) is 25.1 Å². The van der Waals surface area contributed by atoms with Crippen LogP contribution < -0.4 is 5.32 Å². The van der Waals surface area contributed by atoms with E-state index in [1.54, 1.807) is 17.4 Å². The van der Waals surface area contributed by atoms with Crippen molar-refractivity contribution >= 4 is 6.03 Å². The molecule has 134 valence electrons. The van der Waals surface area contributed by atoms with Gasteiger partial charge < -0.3 is 23.8 Å². The summed E-state index contributed by atoms with van der Waals surface area (Å²) in [4.78, 5) is 14.7. The second kappa shape index (κ2) is 7.35. The lowest BCUT2D eigenvalue weighted by molar-refractivity contribution is 0.0534. The molecule has 0 aromatic carbocycles. The maximum atomic E-state index is 12.9. The number of hydrogen-bond donors (Lipinski definition) is 1. The lowest BCUT2D eigenvalue weighted by atomic mass is 9.82. The van der Waals surface area contributed by atoms with Gasteiger partial charge in [0.15, 0.2) is 0 Å². The van der Waals surface area contributed by atoms with Gasteiger partial charge in [0.05, 0.1) is 31.7 Å². The van der Waals surface area contributed by atoms with Crippen molar-refractivity contribution in [3.05, 3.63) is 48.3 Å². The number of hydrogen-bond acceptors (Lipinski definition) is 4. The van der Waals surface area contributed by atoms with Gasteiger partial charge >= 0.3 is 6.03 Å². The van der Waals surface area contributed by atoms with Crippen molar-refractivity contribution in [2.45, 2.75) is 50.9 Å². The highest BCUT2D eigenvalue weighted by molar-refractivity contribution is 5.74. The first-order valence-electron chi connectivity index (χ1n) is 9.01. The highest BCUT2D eigenvalue weighted by Gasteiger charge is 2.38. The summed E-state index contributed by atoms with van der Waals surface area (Å²) in [7, 11) is 0. The summed E-state index contributed by atoms with van der Waals surface area (Å²) < 4.78 is 16.6. The number of carbonyl (C=O) groups is 1. The molecule has 1 saturated heterocycles. The summed E-state index contributed by atoms with van der Waals surface area (Å²) in [6.07, 6.45) is 7.82. The Balaban J connectivity index is 1.44. The molecule has 4 rings (SSSR count). The Kier molecular flexibility index (Phi) is 4.78. The van der Waals surface area contributed by atoms with Gasteiger partial charge in [0.1, 0.15) is 11.5 Å². The molecule has 1 aliphatic carbocycles. The zero-order valence-electron chi connectivity index (χ0n) is 14.2. The quantitative estimate of drug-likeness (QED) is 0.901. The normalized spacial score (nSPS) is 25.5. The topological polar surface area (TPSA) is 67.8 Å². The van der Waals surface area contributed by atoms with Crippen molar-refractivity contribution in [2.75, 3.05) is 6.61 Å². The van der Waals surface area contributed by atoms with Crippen molar-refractivity contribution in [2.24, 2.45) is 5.92 Å². The molecule has 6 heteroatoms. The number of nitrogens with zero attached hydrogens (tertiary/aromatic N) is 1. The van der Waals surface area contributed by atoms with Gasteiger partial charge in [0.25, 0.3) is 0 Å². The van der Waals surface area contributed by atoms with Crippen LogP contribution in [-0.4, -0.2) is 29.7 Å². The van der Waals surface area contributed by atoms with Crippen LogP contribution in [0.25, 0.3) is 0 Å². The minimum Gasteiger partial charge on any atom is -0.467 e. The molecule has 1 saturated carbocycles. The number of furan rings is 2. The summed E-state index contributed by atoms with van der Waals surface area (Å²) in [5, 5.41) is 3.24. The summed E-state index contributed by atoms with van der Waals surface area (Å²) in [5.74, 6) is 1.95. The van der Waals surface area contributed by atoms with Gasteiger partial charge in [0.2, 0.25) is 0 Å². The Morgan fingerprint density at radius 2 is 1.80 bits per heavy atom. The molecule has 2 fully saturated rings. The largest absolute Gasteiger partial charge is 0.467 e. The van der Waals surface area contributed by atoms with Crippen LogP contribution in [0.15, 0.2) is 45.6 Å². The number of urea groups is 1. The van der Waals surface area contributed by atoms with E-state index in [9.17, 15) is 4.79 Å². The van der Waals surface area contributed by atoms with Crippen molar-refractivity contribution in [3.63, 3.8) is 0 Å². The van der Waals surface area contributed by atoms with E-state index in [4.69, 9.17) is 13.6 Å². The first kappa shape index (κ1) is 16.3. The molecular weight excluding hydrogens is 320 g/mol. The fourth-order valence-corrected chi connectivity index (χ4v) is 3.99. The molecule has 0 unspecified atom stereocenters. The van der Waals surface area contributed by atoms with E-state index in [-0.39, 0.29) is 12.1 Å². The lowest BCUT2D eigenvalue weighted by Gasteiger charge is -2.34. The van der Waals surface area contributed by atoms with Crippen LogP contribution in [0.2, 0.25) is 0 Å². The molecule has 2 amide bonds. The standard InChI is InChI=1S/C19H24N2O4/c22-19(20-17-6-1-7-18-16(17)8-11-25-18)21(12-14-4-2-9-23-14)13-15-5-3-10-24-15/h2-5,9-10,16-18H,1,6-8,11-13H2,(H,20,22)/t16-,17+,18+/m0/s1. The van der Waals surface area contributed by atoms with Crippen LogP contribution in [0, 0.1) is 5.92 Å². The third kappa shape index (κ3) is 3.74. The smallest absolute Gasteiger partial charge is 0.318 e. The van der Waals surface area contributed by atoms with Crippen molar-refractivity contribution < 1.29 is 18.4 Å². The SMILES string of the molecule is O=C(N[C@@H]1CCC[C@H]2OCC[C@@H]12)N(Cc1ccco1)Cc1ccco1. The van der Waals surface area contributed by atoms with Crippen molar-refractivity contribution in [1.29, 1.82) is 0 Å². The number of nitrogens with one attached hydrogen (secondary N) is 1. The third-order valence-electron chi connectivity index (χ3n) is 5.23. The van der Waals surface area contributed by atoms with E-state index >= 15 is 0 Å². The van der Waals surface area contributed by atoms with Gasteiger partial charge in [-0.15, -0.1) is 0 Å². The maximum absolute atomic E-state index is 12.9. The van der Waals surface area contributed by atoms with Crippen LogP contribution in [0.3, 0.4) is 0 Å². The zero-order chi connectivity index (χ0) is 17.1. The Hall–Kier alpha value is -2.21. The number of fused-ring (bicyclic) bond motifs is 1. The van der Waals surface area contributed by atoms with E-state index < -0.39 is 0 Å². The molecule has 2 aromatic heterocycles. The summed E-state index contributed by atoms with van der Waals surface area (Å²) in [6, 6.07) is 7.53. The second-order valence-electron chi connectivity index (χ2n) is 6.86. The lowest BCUT2D eigenvalue weighted by Crippen LogP contribution is -2.50. The number of ether oxygens (including phenoxy) is 1. The fourth-order valence-electron chi connectivity index (χ4n) is 3.99. The minimum absolute atomic E-state index is 0.0784. The third-order valence-corrected chi connectivity index (χ3v) is 5.23. The summed E-state index contributed by atoms with van der Waals surface area (Å²) in [5.41, 5.74) is 0. The molecule has 0 bridgehead atoms. The molecule has 25 heavy (non-hydrogen) atoms. The fraction of sp³-hybridized carbons (Fsp3) is 0.526. The second-order valence-corrected chi connectivity index (χ2v) is 6.86. The molecule has 2 aromatic rings. The predicted molar refractivity (Wildman–Crippen MR) is 90.7 cm³/mol. The molecule has 2 aliphatic rings. The predicted octanol–water partition coefficient (Wildman–Crippen LogP) is 3.54. The van der Waals surface area contributed by atoms with Gasteiger partial charge in [0, 0.05) is 18.6 Å². The van der Waals surface area contributed by atoms with E-state index in [1.165, 1.54) is 0 Å². The average molecular weight is 344 g/mol. The first-order chi connectivity index (χ1) is 12.3. The molecule has 3 atom stereocenters. The Labute approximate surface area is 147 Å². The molecule has 3 heterocycles. The Morgan fingerprint density at radius 1 is 1.08 bits per heavy atom. The summed E-state index contributed by atoms with van der Waals surface area (Å²) >= 11 is 0. The molecule has 6 nitrogen and oxygen atoms in total. The van der Waals surface area contributed by atoms with E-state index in [0.717, 1.165) is 43.8 Å². The van der Waals surface area contributed by atoms with Gasteiger partial charge in [-0.25, -0.2) is 4.79 Å². The van der Waals surface area contributed by atoms with Gasteiger partial charge in [-0.3, -0.25) is 0 Å². The van der Waals surface area contributed by atoms with Crippen LogP contribution >= 0.6 is 0 Å². The number of rotatable bonds is 5. The van der Waals surface area contributed by atoms with Crippen LogP contribution in [0.4, 0.5) is 4.79 Å². The molecule has 1 N–H and O–H groups in total. The van der Waals surface area contributed by atoms with E-state index in [2.05, 4.69) is 5.32 Å². The minimum atomic E-state index is -0.0784. The monoisotopic (exact) mass is 344 g/mol. The zero-order valence-corrected chi connectivity index (χ0v) is 14.2. The van der Waals surface area contributed by atoms with E-state index in [1.807, 2.05) is 24.3 Å². The van der Waals surface area contributed by atoms with Crippen molar-refractivity contribution in [1.82, 2.24) is 10.2 Å². The number of amides is 2. The van der Waals surface area contributed by atoms with Gasteiger partial charge in [-0.1, -0.05) is 0 Å². The number of carbonyl (C=O) groups excluding carboxylic acids is 1. The summed E-state index contributed by atoms with van der Waals surface area (Å²) in [6.45, 7) is 1.64. The highest BCUT2D eigenvalue weighted by atomic mass is 16.5. The van der Waals surface area contributed by atoms with Crippen LogP contribution in [0.1, 0.15) is 37.2 Å². The highest BCUT2D eigenvalue weighted by Crippen LogP contribution is 2.34. The van der Waals surface area contributed by atoms with Crippen LogP contribution in [0.5, 0.6) is 0 Å². The first-order valence-corrected chi connectivity index (χ1v) is 9.01. The Morgan fingerprint density at radius 3 is 2.44 bits per heavy atom. The van der Waals surface area contributed by atoms with Crippen LogP contribution in [-0.2, 0) is 17.8 Å². The Bertz CT molecular complexity index is 631.